The van der Waals surface area contributed by atoms with Gasteiger partial charge in [0.2, 0.25) is 11.8 Å². The maximum Gasteiger partial charge on any atom is 0.226 e. The van der Waals surface area contributed by atoms with Gasteiger partial charge in [-0.05, 0) is 43.2 Å². The summed E-state index contributed by atoms with van der Waals surface area (Å²) in [5.41, 5.74) is 1.76. The van der Waals surface area contributed by atoms with Crippen LogP contribution in [0.5, 0.6) is 0 Å². The molecule has 2 amide bonds. The topological polar surface area (TPSA) is 58.2 Å². The second kappa shape index (κ2) is 9.20. The minimum Gasteiger partial charge on any atom is -0.356 e. The Kier molecular flexibility index (Phi) is 7.27. The Morgan fingerprint density at radius 2 is 1.96 bits per heavy atom. The van der Waals surface area contributed by atoms with Gasteiger partial charge in [-0.1, -0.05) is 33.6 Å². The van der Waals surface area contributed by atoms with Crippen LogP contribution in [0.2, 0.25) is 4.34 Å². The Labute approximate surface area is 158 Å². The summed E-state index contributed by atoms with van der Waals surface area (Å²) in [6, 6.07) is 9.46. The Morgan fingerprint density at radius 1 is 1.17 bits per heavy atom. The third kappa shape index (κ3) is 6.26. The van der Waals surface area contributed by atoms with Gasteiger partial charge in [-0.25, -0.2) is 0 Å². The van der Waals surface area contributed by atoms with E-state index in [9.17, 15) is 9.59 Å². The number of halogens is 2. The molecular formula is C17H18BrClN2O2S. The number of benzene rings is 1. The summed E-state index contributed by atoms with van der Waals surface area (Å²) in [7, 11) is 0. The largest absolute Gasteiger partial charge is 0.356 e. The molecule has 0 spiro atoms. The molecule has 0 saturated carbocycles. The minimum atomic E-state index is -0.124. The first-order chi connectivity index (χ1) is 11.4. The first-order valence-corrected chi connectivity index (χ1v) is 9.49. The van der Waals surface area contributed by atoms with Crippen molar-refractivity contribution < 1.29 is 9.59 Å². The number of thiophene rings is 1. The zero-order valence-electron chi connectivity index (χ0n) is 13.2. The van der Waals surface area contributed by atoms with Gasteiger partial charge in [-0.2, -0.15) is 0 Å². The molecule has 2 rings (SSSR count). The first-order valence-electron chi connectivity index (χ1n) is 7.51. The molecule has 0 aliphatic carbocycles. The number of aryl methyl sites for hydroxylation is 2. The molecule has 0 bridgehead atoms. The fourth-order valence-corrected chi connectivity index (χ4v) is 3.52. The lowest BCUT2D eigenvalue weighted by molar-refractivity contribution is -0.121. The molecule has 24 heavy (non-hydrogen) atoms. The zero-order chi connectivity index (χ0) is 17.5. The van der Waals surface area contributed by atoms with Crippen molar-refractivity contribution in [2.75, 3.05) is 11.9 Å². The van der Waals surface area contributed by atoms with Crippen molar-refractivity contribution in [3.05, 3.63) is 49.6 Å². The third-order valence-electron chi connectivity index (χ3n) is 3.38. The average molecular weight is 430 g/mol. The quantitative estimate of drug-likeness (QED) is 0.678. The monoisotopic (exact) mass is 428 g/mol. The molecule has 1 aromatic heterocycles. The van der Waals surface area contributed by atoms with Gasteiger partial charge >= 0.3 is 0 Å². The Morgan fingerprint density at radius 3 is 2.67 bits per heavy atom. The molecule has 0 atom stereocenters. The number of anilines is 1. The molecule has 1 heterocycles. The Hall–Kier alpha value is -1.37. The molecule has 2 aromatic rings. The standard InChI is InChI=1S/C17H18BrClN2O2S/c1-11-2-3-12(18)10-14(11)21-17(23)8-9-20-16(22)7-5-13-4-6-15(19)24-13/h2-4,6,10H,5,7-9H2,1H3,(H,20,22)(H,21,23). The van der Waals surface area contributed by atoms with Gasteiger partial charge < -0.3 is 10.6 Å². The van der Waals surface area contributed by atoms with Crippen molar-refractivity contribution in [2.24, 2.45) is 0 Å². The summed E-state index contributed by atoms with van der Waals surface area (Å²) < 4.78 is 1.63. The van der Waals surface area contributed by atoms with E-state index in [2.05, 4.69) is 26.6 Å². The van der Waals surface area contributed by atoms with Crippen LogP contribution in [-0.4, -0.2) is 18.4 Å². The van der Waals surface area contributed by atoms with E-state index in [1.54, 1.807) is 0 Å². The lowest BCUT2D eigenvalue weighted by Gasteiger charge is -2.09. The van der Waals surface area contributed by atoms with Gasteiger partial charge in [0, 0.05) is 34.4 Å². The van der Waals surface area contributed by atoms with Crippen LogP contribution in [0, 0.1) is 6.92 Å². The number of hydrogen-bond donors (Lipinski definition) is 2. The van der Waals surface area contributed by atoms with E-state index in [0.717, 1.165) is 24.9 Å². The van der Waals surface area contributed by atoms with Crippen LogP contribution >= 0.6 is 38.9 Å². The molecule has 2 N–H and O–H groups in total. The zero-order valence-corrected chi connectivity index (χ0v) is 16.4. The third-order valence-corrected chi connectivity index (χ3v) is 5.16. The van der Waals surface area contributed by atoms with Gasteiger partial charge in [0.05, 0.1) is 4.34 Å². The van der Waals surface area contributed by atoms with Crippen molar-refractivity contribution in [3.63, 3.8) is 0 Å². The van der Waals surface area contributed by atoms with Gasteiger partial charge in [0.15, 0.2) is 0 Å². The number of carbonyl (C=O) groups excluding carboxylic acids is 2. The maximum absolute atomic E-state index is 11.9. The highest BCUT2D eigenvalue weighted by Crippen LogP contribution is 2.22. The van der Waals surface area contributed by atoms with E-state index in [1.165, 1.54) is 11.3 Å². The predicted molar refractivity (Wildman–Crippen MR) is 103 cm³/mol. The number of nitrogens with one attached hydrogen (secondary N) is 2. The molecule has 4 nitrogen and oxygen atoms in total. The summed E-state index contributed by atoms with van der Waals surface area (Å²) in [6.45, 7) is 2.25. The van der Waals surface area contributed by atoms with Crippen molar-refractivity contribution in [2.45, 2.75) is 26.2 Å². The molecule has 1 aromatic carbocycles. The predicted octanol–water partition coefficient (Wildman–Crippen LogP) is 4.55. The summed E-state index contributed by atoms with van der Waals surface area (Å²) in [5, 5.41) is 5.62. The minimum absolute atomic E-state index is 0.0639. The Bertz CT molecular complexity index is 733. The average Bonchev–Trinajstić information content (AvgIpc) is 2.94. The molecule has 128 valence electrons. The van der Waals surface area contributed by atoms with Gasteiger partial charge in [-0.3, -0.25) is 9.59 Å². The summed E-state index contributed by atoms with van der Waals surface area (Å²) in [6.07, 6.45) is 1.29. The van der Waals surface area contributed by atoms with E-state index in [0.29, 0.717) is 19.4 Å². The number of rotatable bonds is 7. The van der Waals surface area contributed by atoms with Gasteiger partial charge in [-0.15, -0.1) is 11.3 Å². The van der Waals surface area contributed by atoms with E-state index < -0.39 is 0 Å². The fraction of sp³-hybridized carbons (Fsp3) is 0.294. The molecule has 0 aliphatic rings. The molecular weight excluding hydrogens is 412 g/mol. The molecule has 0 fully saturated rings. The molecule has 0 unspecified atom stereocenters. The second-order valence-corrected chi connectivity index (χ2v) is 8.03. The number of amides is 2. The molecule has 0 saturated heterocycles. The maximum atomic E-state index is 11.9. The normalized spacial score (nSPS) is 10.5. The SMILES string of the molecule is Cc1ccc(Br)cc1NC(=O)CCNC(=O)CCc1ccc(Cl)s1. The lowest BCUT2D eigenvalue weighted by atomic mass is 10.2. The molecule has 7 heteroatoms. The second-order valence-electron chi connectivity index (χ2n) is 5.31. The lowest BCUT2D eigenvalue weighted by Crippen LogP contribution is -2.27. The van der Waals surface area contributed by atoms with Crippen LogP contribution in [0.15, 0.2) is 34.8 Å². The van der Waals surface area contributed by atoms with E-state index in [4.69, 9.17) is 11.6 Å². The van der Waals surface area contributed by atoms with E-state index in [-0.39, 0.29) is 18.2 Å². The van der Waals surface area contributed by atoms with E-state index in [1.807, 2.05) is 37.3 Å². The smallest absolute Gasteiger partial charge is 0.226 e. The summed E-state index contributed by atoms with van der Waals surface area (Å²) in [5.74, 6) is -0.188. The first kappa shape index (κ1) is 19.0. The Balaban J connectivity index is 1.68. The van der Waals surface area contributed by atoms with Crippen LogP contribution in [0.1, 0.15) is 23.3 Å². The van der Waals surface area contributed by atoms with Crippen LogP contribution in [-0.2, 0) is 16.0 Å². The van der Waals surface area contributed by atoms with Gasteiger partial charge in [0.1, 0.15) is 0 Å². The summed E-state index contributed by atoms with van der Waals surface area (Å²) in [4.78, 5) is 24.8. The van der Waals surface area contributed by atoms with Crippen molar-refractivity contribution in [3.8, 4) is 0 Å². The van der Waals surface area contributed by atoms with Crippen LogP contribution in [0.25, 0.3) is 0 Å². The van der Waals surface area contributed by atoms with Crippen molar-refractivity contribution >= 4 is 56.4 Å². The molecule has 0 radical (unpaired) electrons. The summed E-state index contributed by atoms with van der Waals surface area (Å²) >= 11 is 10.7. The van der Waals surface area contributed by atoms with Crippen LogP contribution < -0.4 is 10.6 Å². The van der Waals surface area contributed by atoms with Crippen molar-refractivity contribution in [1.29, 1.82) is 0 Å². The van der Waals surface area contributed by atoms with Gasteiger partial charge in [0.25, 0.3) is 0 Å². The van der Waals surface area contributed by atoms with Crippen molar-refractivity contribution in [1.82, 2.24) is 5.32 Å². The van der Waals surface area contributed by atoms with E-state index >= 15 is 0 Å². The molecule has 0 aliphatic heterocycles. The van der Waals surface area contributed by atoms with Crippen LogP contribution in [0.3, 0.4) is 0 Å². The number of hydrogen-bond acceptors (Lipinski definition) is 3. The highest BCUT2D eigenvalue weighted by atomic mass is 79.9. The fourth-order valence-electron chi connectivity index (χ4n) is 2.07. The highest BCUT2D eigenvalue weighted by molar-refractivity contribution is 9.10. The highest BCUT2D eigenvalue weighted by Gasteiger charge is 2.08. The number of carbonyl (C=O) groups is 2. The van der Waals surface area contributed by atoms with Crippen LogP contribution in [0.4, 0.5) is 5.69 Å².